The molecule has 6 nitrogen and oxygen atoms in total. The van der Waals surface area contributed by atoms with Crippen LogP contribution in [0.25, 0.3) is 0 Å². The lowest BCUT2D eigenvalue weighted by atomic mass is 9.73. The van der Waals surface area contributed by atoms with Gasteiger partial charge in [0.25, 0.3) is 0 Å². The van der Waals surface area contributed by atoms with E-state index >= 15 is 0 Å². The maximum absolute atomic E-state index is 13.2. The van der Waals surface area contributed by atoms with E-state index in [9.17, 15) is 15.0 Å². The first kappa shape index (κ1) is 27.8. The lowest BCUT2D eigenvalue weighted by Crippen LogP contribution is -2.38. The second-order valence-corrected chi connectivity index (χ2v) is 8.92. The summed E-state index contributed by atoms with van der Waals surface area (Å²) in [6.45, 7) is 7.66. The van der Waals surface area contributed by atoms with Crippen LogP contribution in [0.2, 0.25) is 0 Å². The number of carbonyl (C=O) groups is 1. The minimum atomic E-state index is -0.776. The maximum Gasteiger partial charge on any atom is 0.316 e. The number of aliphatic hydroxyl groups is 2. The van der Waals surface area contributed by atoms with Gasteiger partial charge >= 0.3 is 5.97 Å². The summed E-state index contributed by atoms with van der Waals surface area (Å²) >= 11 is 0. The van der Waals surface area contributed by atoms with E-state index in [1.165, 1.54) is 5.56 Å². The molecule has 0 amide bonds. The summed E-state index contributed by atoms with van der Waals surface area (Å²) in [5.74, 6) is 0.679. The minimum Gasteiger partial charge on any atom is -0.496 e. The molecule has 0 saturated carbocycles. The fraction of sp³-hybridized carbons (Fsp3) is 0.536. The number of hydrogen-bond donors (Lipinski definition) is 2. The molecule has 0 saturated heterocycles. The normalized spacial score (nSPS) is 13.1. The van der Waals surface area contributed by atoms with Gasteiger partial charge in [0.2, 0.25) is 0 Å². The van der Waals surface area contributed by atoms with E-state index in [-0.39, 0.29) is 19.2 Å². The van der Waals surface area contributed by atoms with Gasteiger partial charge in [-0.05, 0) is 87.0 Å². The Balaban J connectivity index is 2.09. The van der Waals surface area contributed by atoms with Crippen LogP contribution in [0.5, 0.6) is 5.75 Å². The van der Waals surface area contributed by atoms with Crippen LogP contribution in [0.1, 0.15) is 60.9 Å². The number of esters is 1. The molecule has 1 atom stereocenters. The zero-order chi connectivity index (χ0) is 25.1. The van der Waals surface area contributed by atoms with Gasteiger partial charge in [0, 0.05) is 6.54 Å². The van der Waals surface area contributed by atoms with Gasteiger partial charge in [0.15, 0.2) is 0 Å². The zero-order valence-electron chi connectivity index (χ0n) is 21.4. The molecule has 0 aromatic heterocycles. The summed E-state index contributed by atoms with van der Waals surface area (Å²) in [6.07, 6.45) is 3.03. The lowest BCUT2D eigenvalue weighted by molar-refractivity contribution is -0.150. The molecule has 0 aliphatic carbocycles. The summed E-state index contributed by atoms with van der Waals surface area (Å²) in [4.78, 5) is 15.5. The first-order valence-corrected chi connectivity index (χ1v) is 12.2. The number of nitrogens with zero attached hydrogens (tertiary/aromatic N) is 1. The van der Waals surface area contributed by atoms with Crippen molar-refractivity contribution in [2.75, 3.05) is 33.9 Å². The largest absolute Gasteiger partial charge is 0.496 e. The summed E-state index contributed by atoms with van der Waals surface area (Å²) < 4.78 is 10.8. The van der Waals surface area contributed by atoms with Crippen LogP contribution in [0.4, 0.5) is 0 Å². The van der Waals surface area contributed by atoms with Crippen molar-refractivity contribution in [1.82, 2.24) is 4.90 Å². The molecule has 0 fully saturated rings. The smallest absolute Gasteiger partial charge is 0.316 e. The van der Waals surface area contributed by atoms with Gasteiger partial charge in [0.05, 0.1) is 32.3 Å². The molecule has 2 N–H and O–H groups in total. The molecule has 6 heteroatoms. The standard InChI is InChI=1S/C28H41NO5/c1-6-28(27(32)34-7-2,25-11-10-23(19-30)24(18-25)20-31)14-8-15-29(4)16-13-22-9-12-26(33-5)21(3)17-22/h9-12,17-18,30-31H,6-8,13-16,19-20H2,1-5H3. The number of methoxy groups -OCH3 is 1. The van der Waals surface area contributed by atoms with Crippen molar-refractivity contribution in [3.05, 3.63) is 64.2 Å². The Hall–Kier alpha value is -2.41. The first-order valence-electron chi connectivity index (χ1n) is 12.2. The Kier molecular flexibility index (Phi) is 11.0. The summed E-state index contributed by atoms with van der Waals surface area (Å²) in [5.41, 5.74) is 3.80. The molecule has 0 bridgehead atoms. The predicted octanol–water partition coefficient (Wildman–Crippen LogP) is 4.15. The Labute approximate surface area is 204 Å². The van der Waals surface area contributed by atoms with Crippen LogP contribution in [-0.4, -0.2) is 54.9 Å². The lowest BCUT2D eigenvalue weighted by Gasteiger charge is -2.32. The van der Waals surface area contributed by atoms with Gasteiger partial charge in [-0.2, -0.15) is 0 Å². The van der Waals surface area contributed by atoms with E-state index in [2.05, 4.69) is 31.0 Å². The topological polar surface area (TPSA) is 79.2 Å². The van der Waals surface area contributed by atoms with Crippen molar-refractivity contribution < 1.29 is 24.5 Å². The van der Waals surface area contributed by atoms with E-state index in [4.69, 9.17) is 9.47 Å². The van der Waals surface area contributed by atoms with Gasteiger partial charge in [-0.15, -0.1) is 0 Å². The van der Waals surface area contributed by atoms with E-state index in [1.54, 1.807) is 13.2 Å². The SMILES string of the molecule is CCOC(=O)C(CC)(CCCN(C)CCc1ccc(OC)c(C)c1)c1ccc(CO)c(CO)c1. The highest BCUT2D eigenvalue weighted by Gasteiger charge is 2.40. The van der Waals surface area contributed by atoms with Gasteiger partial charge in [-0.1, -0.05) is 37.3 Å². The van der Waals surface area contributed by atoms with Crippen LogP contribution >= 0.6 is 0 Å². The zero-order valence-corrected chi connectivity index (χ0v) is 21.4. The third-order valence-corrected chi connectivity index (χ3v) is 6.75. The van der Waals surface area contributed by atoms with Crippen molar-refractivity contribution in [1.29, 1.82) is 0 Å². The number of rotatable bonds is 14. The molecule has 0 radical (unpaired) electrons. The van der Waals surface area contributed by atoms with Gasteiger partial charge in [-0.3, -0.25) is 4.79 Å². The molecular formula is C28H41NO5. The number of benzene rings is 2. The van der Waals surface area contributed by atoms with Gasteiger partial charge in [-0.25, -0.2) is 0 Å². The fourth-order valence-electron chi connectivity index (χ4n) is 4.56. The summed E-state index contributed by atoms with van der Waals surface area (Å²) in [7, 11) is 3.79. The van der Waals surface area contributed by atoms with Crippen molar-refractivity contribution in [3.63, 3.8) is 0 Å². The van der Waals surface area contributed by atoms with Crippen LogP contribution in [-0.2, 0) is 34.6 Å². The highest BCUT2D eigenvalue weighted by molar-refractivity contribution is 5.83. The van der Waals surface area contributed by atoms with Crippen LogP contribution < -0.4 is 4.74 Å². The third-order valence-electron chi connectivity index (χ3n) is 6.75. The molecule has 0 spiro atoms. The second kappa shape index (κ2) is 13.5. The molecule has 0 aliphatic heterocycles. The molecule has 34 heavy (non-hydrogen) atoms. The van der Waals surface area contributed by atoms with Crippen LogP contribution in [0.3, 0.4) is 0 Å². The van der Waals surface area contributed by atoms with Crippen molar-refractivity contribution in [3.8, 4) is 5.75 Å². The number of aliphatic hydroxyl groups excluding tert-OH is 2. The minimum absolute atomic E-state index is 0.146. The number of hydrogen-bond acceptors (Lipinski definition) is 6. The summed E-state index contributed by atoms with van der Waals surface area (Å²) in [6, 6.07) is 11.8. The van der Waals surface area contributed by atoms with E-state index in [0.29, 0.717) is 30.6 Å². The monoisotopic (exact) mass is 471 g/mol. The van der Waals surface area contributed by atoms with Crippen molar-refractivity contribution in [2.24, 2.45) is 0 Å². The fourth-order valence-corrected chi connectivity index (χ4v) is 4.56. The average Bonchev–Trinajstić information content (AvgIpc) is 2.85. The summed E-state index contributed by atoms with van der Waals surface area (Å²) in [5, 5.41) is 19.3. The third kappa shape index (κ3) is 6.81. The Bertz CT molecular complexity index is 929. The number of ether oxygens (including phenoxy) is 2. The molecular weight excluding hydrogens is 430 g/mol. The molecule has 2 aromatic rings. The molecule has 2 aromatic carbocycles. The average molecular weight is 472 g/mol. The van der Waals surface area contributed by atoms with E-state index in [1.807, 2.05) is 32.0 Å². The Morgan fingerprint density at radius 1 is 1.03 bits per heavy atom. The highest BCUT2D eigenvalue weighted by atomic mass is 16.5. The Morgan fingerprint density at radius 2 is 1.76 bits per heavy atom. The molecule has 188 valence electrons. The van der Waals surface area contributed by atoms with Crippen LogP contribution in [0, 0.1) is 6.92 Å². The van der Waals surface area contributed by atoms with E-state index in [0.717, 1.165) is 42.8 Å². The quantitative estimate of drug-likeness (QED) is 0.403. The molecule has 2 rings (SSSR count). The Morgan fingerprint density at radius 3 is 2.35 bits per heavy atom. The number of aryl methyl sites for hydroxylation is 1. The molecule has 0 heterocycles. The van der Waals surface area contributed by atoms with Gasteiger partial charge < -0.3 is 24.6 Å². The first-order chi connectivity index (χ1) is 16.3. The van der Waals surface area contributed by atoms with Crippen molar-refractivity contribution in [2.45, 2.75) is 65.1 Å². The van der Waals surface area contributed by atoms with Gasteiger partial charge in [0.1, 0.15) is 5.75 Å². The van der Waals surface area contributed by atoms with E-state index < -0.39 is 5.41 Å². The highest BCUT2D eigenvalue weighted by Crippen LogP contribution is 2.36. The van der Waals surface area contributed by atoms with Crippen molar-refractivity contribution >= 4 is 5.97 Å². The predicted molar refractivity (Wildman–Crippen MR) is 135 cm³/mol. The molecule has 0 aliphatic rings. The molecule has 1 unspecified atom stereocenters. The van der Waals surface area contributed by atoms with Crippen LogP contribution in [0.15, 0.2) is 36.4 Å². The number of likely N-dealkylation sites (N-methyl/N-ethyl adjacent to an activating group) is 1. The second-order valence-electron chi connectivity index (χ2n) is 8.92. The number of carbonyl (C=O) groups excluding carboxylic acids is 1. The maximum atomic E-state index is 13.2.